The zero-order chi connectivity index (χ0) is 13.1. The molecule has 1 unspecified atom stereocenters. The molecule has 4 nitrogen and oxygen atoms in total. The van der Waals surface area contributed by atoms with Crippen molar-refractivity contribution in [1.82, 2.24) is 15.1 Å². The molecular weight excluding hydrogens is 214 g/mol. The minimum atomic E-state index is 0.296. The highest BCUT2D eigenvalue weighted by atomic mass is 16.5. The second kappa shape index (κ2) is 5.54. The van der Waals surface area contributed by atoms with Crippen LogP contribution in [0.25, 0.3) is 0 Å². The third-order valence-electron chi connectivity index (χ3n) is 2.95. The molecule has 4 heteroatoms. The molecule has 0 radical (unpaired) electrons. The van der Waals surface area contributed by atoms with Crippen LogP contribution in [0.1, 0.15) is 45.3 Å². The molecule has 0 amide bonds. The lowest BCUT2D eigenvalue weighted by Gasteiger charge is -2.21. The second-order valence-corrected chi connectivity index (χ2v) is 5.68. The average Bonchev–Trinajstić information content (AvgIpc) is 2.59. The number of nitrogens with zero attached hydrogens (tertiary/aromatic N) is 2. The summed E-state index contributed by atoms with van der Waals surface area (Å²) >= 11 is 0. The Bertz CT molecular complexity index is 352. The molecule has 1 N–H and O–H groups in total. The lowest BCUT2D eigenvalue weighted by molar-refractivity contribution is 0.335. The fourth-order valence-corrected chi connectivity index (χ4v) is 1.85. The van der Waals surface area contributed by atoms with Crippen molar-refractivity contribution in [3.63, 3.8) is 0 Å². The Morgan fingerprint density at radius 3 is 2.53 bits per heavy atom. The highest BCUT2D eigenvalue weighted by molar-refractivity contribution is 5.18. The van der Waals surface area contributed by atoms with E-state index in [0.29, 0.717) is 11.5 Å². The van der Waals surface area contributed by atoms with Crippen LogP contribution >= 0.6 is 0 Å². The van der Waals surface area contributed by atoms with Crippen molar-refractivity contribution in [2.45, 2.75) is 39.7 Å². The molecule has 17 heavy (non-hydrogen) atoms. The van der Waals surface area contributed by atoms with Gasteiger partial charge in [0.1, 0.15) is 0 Å². The predicted molar refractivity (Wildman–Crippen MR) is 70.2 cm³/mol. The first kappa shape index (κ1) is 14.0. The van der Waals surface area contributed by atoms with Crippen LogP contribution in [-0.2, 0) is 7.05 Å². The van der Waals surface area contributed by atoms with Gasteiger partial charge in [-0.3, -0.25) is 0 Å². The lowest BCUT2D eigenvalue weighted by atomic mass is 9.88. The molecule has 0 aliphatic carbocycles. The fourth-order valence-electron chi connectivity index (χ4n) is 1.85. The van der Waals surface area contributed by atoms with E-state index in [1.54, 1.807) is 11.8 Å². The summed E-state index contributed by atoms with van der Waals surface area (Å²) in [5.41, 5.74) is 1.41. The smallest absolute Gasteiger partial charge is 0.211 e. The predicted octanol–water partition coefficient (Wildman–Crippen LogP) is 2.52. The summed E-state index contributed by atoms with van der Waals surface area (Å²) in [5.74, 6) is 0.802. The Hall–Kier alpha value is -1.03. The second-order valence-electron chi connectivity index (χ2n) is 5.68. The maximum Gasteiger partial charge on any atom is 0.211 e. The first-order chi connectivity index (χ1) is 7.87. The van der Waals surface area contributed by atoms with E-state index >= 15 is 0 Å². The van der Waals surface area contributed by atoms with Gasteiger partial charge in [-0.1, -0.05) is 20.8 Å². The minimum absolute atomic E-state index is 0.296. The quantitative estimate of drug-likeness (QED) is 0.858. The molecule has 0 saturated heterocycles. The summed E-state index contributed by atoms with van der Waals surface area (Å²) in [5, 5.41) is 7.81. The summed E-state index contributed by atoms with van der Waals surface area (Å²) in [6, 6.07) is 2.30. The SMILES string of the molecule is CNC(CCC(C)(C)C)c1cc(OC)n(C)n1. The molecule has 0 fully saturated rings. The molecule has 0 aliphatic heterocycles. The van der Waals surface area contributed by atoms with Crippen molar-refractivity contribution in [3.8, 4) is 5.88 Å². The van der Waals surface area contributed by atoms with E-state index in [9.17, 15) is 0 Å². The van der Waals surface area contributed by atoms with Crippen molar-refractivity contribution < 1.29 is 4.74 Å². The van der Waals surface area contributed by atoms with Gasteiger partial charge < -0.3 is 10.1 Å². The van der Waals surface area contributed by atoms with Crippen molar-refractivity contribution in [2.75, 3.05) is 14.2 Å². The van der Waals surface area contributed by atoms with Crippen molar-refractivity contribution >= 4 is 0 Å². The Morgan fingerprint density at radius 2 is 2.12 bits per heavy atom. The van der Waals surface area contributed by atoms with Gasteiger partial charge in [0.2, 0.25) is 5.88 Å². The van der Waals surface area contributed by atoms with Crippen LogP contribution in [0.3, 0.4) is 0 Å². The van der Waals surface area contributed by atoms with E-state index in [0.717, 1.165) is 24.4 Å². The van der Waals surface area contributed by atoms with Gasteiger partial charge in [0.05, 0.1) is 18.8 Å². The molecule has 0 bridgehead atoms. The Labute approximate surface area is 104 Å². The maximum absolute atomic E-state index is 5.24. The highest BCUT2D eigenvalue weighted by Gasteiger charge is 2.18. The Morgan fingerprint density at radius 1 is 1.47 bits per heavy atom. The van der Waals surface area contributed by atoms with E-state index < -0.39 is 0 Å². The molecule has 1 atom stereocenters. The van der Waals surface area contributed by atoms with Gasteiger partial charge in [-0.15, -0.1) is 0 Å². The maximum atomic E-state index is 5.24. The number of aromatic nitrogens is 2. The van der Waals surface area contributed by atoms with Crippen LogP contribution in [0.4, 0.5) is 0 Å². The van der Waals surface area contributed by atoms with Crippen molar-refractivity contribution in [2.24, 2.45) is 12.5 Å². The summed E-state index contributed by atoms with van der Waals surface area (Å²) in [7, 11) is 5.55. The van der Waals surface area contributed by atoms with Crippen LogP contribution in [0, 0.1) is 5.41 Å². The molecular formula is C13H25N3O. The van der Waals surface area contributed by atoms with E-state index in [2.05, 4.69) is 31.2 Å². The van der Waals surface area contributed by atoms with Gasteiger partial charge in [-0.05, 0) is 25.3 Å². The lowest BCUT2D eigenvalue weighted by Crippen LogP contribution is -2.19. The number of methoxy groups -OCH3 is 1. The first-order valence-electron chi connectivity index (χ1n) is 6.12. The van der Waals surface area contributed by atoms with E-state index in [1.807, 2.05) is 20.2 Å². The van der Waals surface area contributed by atoms with Crippen molar-refractivity contribution in [1.29, 1.82) is 0 Å². The largest absolute Gasteiger partial charge is 0.481 e. The summed E-state index contributed by atoms with van der Waals surface area (Å²) in [4.78, 5) is 0. The number of nitrogens with one attached hydrogen (secondary N) is 1. The van der Waals surface area contributed by atoms with Gasteiger partial charge in [0.15, 0.2) is 0 Å². The summed E-state index contributed by atoms with van der Waals surface area (Å²) < 4.78 is 7.01. The first-order valence-corrected chi connectivity index (χ1v) is 6.12. The van der Waals surface area contributed by atoms with E-state index in [-0.39, 0.29) is 0 Å². The van der Waals surface area contributed by atoms with Crippen molar-refractivity contribution in [3.05, 3.63) is 11.8 Å². The molecule has 1 heterocycles. The third-order valence-corrected chi connectivity index (χ3v) is 2.95. The fraction of sp³-hybridized carbons (Fsp3) is 0.769. The molecule has 1 rings (SSSR count). The van der Waals surface area contributed by atoms with Crippen LogP contribution in [-0.4, -0.2) is 23.9 Å². The third kappa shape index (κ3) is 4.04. The van der Waals surface area contributed by atoms with Crippen LogP contribution in [0.15, 0.2) is 6.07 Å². The zero-order valence-corrected chi connectivity index (χ0v) is 11.9. The average molecular weight is 239 g/mol. The molecule has 1 aromatic heterocycles. The van der Waals surface area contributed by atoms with E-state index in [4.69, 9.17) is 4.74 Å². The standard InChI is InChI=1S/C13H25N3O/c1-13(2,3)8-7-10(14-4)11-9-12(17-6)16(5)15-11/h9-10,14H,7-8H2,1-6H3. The van der Waals surface area contributed by atoms with Crippen LogP contribution < -0.4 is 10.1 Å². The van der Waals surface area contributed by atoms with Gasteiger partial charge in [-0.25, -0.2) is 4.68 Å². The summed E-state index contributed by atoms with van der Waals surface area (Å²) in [6.07, 6.45) is 2.25. The van der Waals surface area contributed by atoms with E-state index in [1.165, 1.54) is 0 Å². The number of hydrogen-bond donors (Lipinski definition) is 1. The van der Waals surface area contributed by atoms with Gasteiger partial charge >= 0.3 is 0 Å². The molecule has 0 saturated carbocycles. The van der Waals surface area contributed by atoms with Gasteiger partial charge in [0.25, 0.3) is 0 Å². The molecule has 0 spiro atoms. The normalized spacial score (nSPS) is 13.8. The summed E-state index contributed by atoms with van der Waals surface area (Å²) in [6.45, 7) is 6.79. The van der Waals surface area contributed by atoms with Gasteiger partial charge in [0, 0.05) is 13.1 Å². The van der Waals surface area contributed by atoms with Crippen LogP contribution in [0.2, 0.25) is 0 Å². The number of aryl methyl sites for hydroxylation is 1. The highest BCUT2D eigenvalue weighted by Crippen LogP contribution is 2.27. The topological polar surface area (TPSA) is 39.1 Å². The minimum Gasteiger partial charge on any atom is -0.481 e. The number of ether oxygens (including phenoxy) is 1. The molecule has 1 aromatic rings. The Balaban J connectivity index is 2.72. The van der Waals surface area contributed by atoms with Gasteiger partial charge in [-0.2, -0.15) is 5.10 Å². The molecule has 98 valence electrons. The monoisotopic (exact) mass is 239 g/mol. The molecule has 0 aliphatic rings. The molecule has 0 aromatic carbocycles. The Kier molecular flexibility index (Phi) is 4.57. The number of rotatable bonds is 5. The zero-order valence-electron chi connectivity index (χ0n) is 11.9. The van der Waals surface area contributed by atoms with Crippen LogP contribution in [0.5, 0.6) is 5.88 Å². The number of hydrogen-bond acceptors (Lipinski definition) is 3.